The first kappa shape index (κ1) is 13.5. The molecule has 0 radical (unpaired) electrons. The Labute approximate surface area is 120 Å². The Morgan fingerprint density at radius 1 is 1.43 bits per heavy atom. The van der Waals surface area contributed by atoms with Crippen LogP contribution in [-0.2, 0) is 11.2 Å². The number of carboxylic acids is 1. The fourth-order valence-corrected chi connectivity index (χ4v) is 2.76. The van der Waals surface area contributed by atoms with Gasteiger partial charge in [-0.3, -0.25) is 4.79 Å². The number of likely N-dealkylation sites (tertiary alicyclic amines) is 1. The predicted octanol–water partition coefficient (Wildman–Crippen LogP) is 0.376. The molecule has 3 heterocycles. The van der Waals surface area contributed by atoms with Crippen LogP contribution in [0.15, 0.2) is 12.5 Å². The number of aryl methyl sites for hydroxylation is 1. The Bertz CT molecular complexity index is 711. The number of aromatic nitrogens is 4. The van der Waals surface area contributed by atoms with Crippen molar-refractivity contribution in [2.45, 2.75) is 32.2 Å². The molecule has 1 N–H and O–H groups in total. The van der Waals surface area contributed by atoms with Gasteiger partial charge >= 0.3 is 5.97 Å². The van der Waals surface area contributed by atoms with E-state index in [1.165, 1.54) is 21.9 Å². The summed E-state index contributed by atoms with van der Waals surface area (Å²) in [6.45, 7) is 2.36. The second kappa shape index (κ2) is 5.12. The van der Waals surface area contributed by atoms with Gasteiger partial charge in [0.1, 0.15) is 12.4 Å². The second-order valence-electron chi connectivity index (χ2n) is 4.94. The van der Waals surface area contributed by atoms with E-state index < -0.39 is 12.0 Å². The molecule has 2 aromatic heterocycles. The van der Waals surface area contributed by atoms with Gasteiger partial charge in [0.15, 0.2) is 0 Å². The minimum atomic E-state index is -0.964. The molecule has 1 saturated heterocycles. The molecule has 0 saturated carbocycles. The molecule has 0 aromatic carbocycles. The standard InChI is InChI=1S/C13H15N5O3/c1-2-9-8(6-14-13-15-7-16-18(9)13)11(19)17-5-3-4-10(17)12(20)21/h6-7,10H,2-5H2,1H3,(H,20,21)/t10-/m0/s1. The normalized spacial score (nSPS) is 18.3. The molecule has 8 heteroatoms. The summed E-state index contributed by atoms with van der Waals surface area (Å²) in [6.07, 6.45) is 4.60. The Balaban J connectivity index is 2.03. The van der Waals surface area contributed by atoms with Crippen LogP contribution < -0.4 is 0 Å². The third kappa shape index (κ3) is 2.12. The number of aliphatic carboxylic acids is 1. The van der Waals surface area contributed by atoms with Crippen molar-refractivity contribution in [2.24, 2.45) is 0 Å². The number of carbonyl (C=O) groups excluding carboxylic acids is 1. The van der Waals surface area contributed by atoms with E-state index in [-0.39, 0.29) is 5.91 Å². The molecular formula is C13H15N5O3. The summed E-state index contributed by atoms with van der Waals surface area (Å²) in [7, 11) is 0. The molecule has 2 aromatic rings. The van der Waals surface area contributed by atoms with Gasteiger partial charge in [-0.1, -0.05) is 6.92 Å². The van der Waals surface area contributed by atoms with Gasteiger partial charge in [-0.15, -0.1) is 0 Å². The molecule has 1 aliphatic heterocycles. The van der Waals surface area contributed by atoms with Gasteiger partial charge < -0.3 is 10.0 Å². The van der Waals surface area contributed by atoms with Crippen molar-refractivity contribution < 1.29 is 14.7 Å². The third-order valence-electron chi connectivity index (χ3n) is 3.77. The molecule has 1 fully saturated rings. The summed E-state index contributed by atoms with van der Waals surface area (Å²) in [6, 6.07) is -0.756. The van der Waals surface area contributed by atoms with Crippen molar-refractivity contribution >= 4 is 17.7 Å². The van der Waals surface area contributed by atoms with Crippen LogP contribution in [0.1, 0.15) is 35.8 Å². The molecule has 0 unspecified atom stereocenters. The fraction of sp³-hybridized carbons (Fsp3) is 0.462. The monoisotopic (exact) mass is 289 g/mol. The van der Waals surface area contributed by atoms with Crippen molar-refractivity contribution in [1.29, 1.82) is 0 Å². The zero-order chi connectivity index (χ0) is 15.0. The Kier molecular flexibility index (Phi) is 3.28. The number of fused-ring (bicyclic) bond motifs is 1. The Morgan fingerprint density at radius 3 is 2.95 bits per heavy atom. The maximum atomic E-state index is 12.7. The van der Waals surface area contributed by atoms with Gasteiger partial charge in [0.05, 0.1) is 11.3 Å². The van der Waals surface area contributed by atoms with Crippen LogP contribution in [0.4, 0.5) is 0 Å². The van der Waals surface area contributed by atoms with Crippen LogP contribution in [0.3, 0.4) is 0 Å². The van der Waals surface area contributed by atoms with Crippen LogP contribution in [0.25, 0.3) is 5.78 Å². The van der Waals surface area contributed by atoms with Gasteiger partial charge in [-0.25, -0.2) is 14.3 Å². The molecular weight excluding hydrogens is 274 g/mol. The topological polar surface area (TPSA) is 101 Å². The quantitative estimate of drug-likeness (QED) is 0.876. The van der Waals surface area contributed by atoms with Gasteiger partial charge in [0, 0.05) is 12.7 Å². The van der Waals surface area contributed by atoms with E-state index in [4.69, 9.17) is 0 Å². The highest BCUT2D eigenvalue weighted by Gasteiger charge is 2.35. The van der Waals surface area contributed by atoms with Crippen molar-refractivity contribution in [2.75, 3.05) is 6.54 Å². The van der Waals surface area contributed by atoms with Gasteiger partial charge in [0.2, 0.25) is 0 Å². The van der Waals surface area contributed by atoms with Crippen LogP contribution >= 0.6 is 0 Å². The van der Waals surface area contributed by atoms with E-state index in [1.807, 2.05) is 6.92 Å². The number of rotatable bonds is 3. The van der Waals surface area contributed by atoms with E-state index >= 15 is 0 Å². The zero-order valence-electron chi connectivity index (χ0n) is 11.6. The molecule has 3 rings (SSSR count). The number of amides is 1. The lowest BCUT2D eigenvalue weighted by Gasteiger charge is -2.22. The highest BCUT2D eigenvalue weighted by Crippen LogP contribution is 2.22. The smallest absolute Gasteiger partial charge is 0.326 e. The largest absolute Gasteiger partial charge is 0.480 e. The van der Waals surface area contributed by atoms with Gasteiger partial charge in [0.25, 0.3) is 11.7 Å². The summed E-state index contributed by atoms with van der Waals surface area (Å²) in [4.78, 5) is 33.4. The van der Waals surface area contributed by atoms with E-state index in [0.717, 1.165) is 0 Å². The summed E-state index contributed by atoms with van der Waals surface area (Å²) in [5.41, 5.74) is 1.09. The molecule has 110 valence electrons. The molecule has 1 amide bonds. The fourth-order valence-electron chi connectivity index (χ4n) is 2.76. The van der Waals surface area contributed by atoms with Crippen molar-refractivity contribution in [3.8, 4) is 0 Å². The molecule has 1 aliphatic rings. The average molecular weight is 289 g/mol. The minimum absolute atomic E-state index is 0.304. The van der Waals surface area contributed by atoms with E-state index in [2.05, 4.69) is 15.1 Å². The summed E-state index contributed by atoms with van der Waals surface area (Å²) in [5.74, 6) is -0.838. The molecule has 21 heavy (non-hydrogen) atoms. The lowest BCUT2D eigenvalue weighted by molar-refractivity contribution is -0.141. The Hall–Kier alpha value is -2.51. The highest BCUT2D eigenvalue weighted by molar-refractivity contribution is 5.97. The maximum Gasteiger partial charge on any atom is 0.326 e. The molecule has 0 spiro atoms. The first-order valence-electron chi connectivity index (χ1n) is 6.85. The molecule has 0 aliphatic carbocycles. The zero-order valence-corrected chi connectivity index (χ0v) is 11.6. The second-order valence-corrected chi connectivity index (χ2v) is 4.94. The number of hydrogen-bond acceptors (Lipinski definition) is 5. The first-order valence-corrected chi connectivity index (χ1v) is 6.85. The van der Waals surface area contributed by atoms with Crippen LogP contribution in [0, 0.1) is 0 Å². The van der Waals surface area contributed by atoms with Gasteiger partial charge in [-0.05, 0) is 19.3 Å². The van der Waals surface area contributed by atoms with Crippen LogP contribution in [0.5, 0.6) is 0 Å². The summed E-state index contributed by atoms with van der Waals surface area (Å²) >= 11 is 0. The highest BCUT2D eigenvalue weighted by atomic mass is 16.4. The lowest BCUT2D eigenvalue weighted by Crippen LogP contribution is -2.41. The molecule has 8 nitrogen and oxygen atoms in total. The van der Waals surface area contributed by atoms with E-state index in [0.29, 0.717) is 42.8 Å². The molecule has 0 bridgehead atoms. The van der Waals surface area contributed by atoms with Gasteiger partial charge in [-0.2, -0.15) is 10.1 Å². The third-order valence-corrected chi connectivity index (χ3v) is 3.77. The minimum Gasteiger partial charge on any atom is -0.480 e. The van der Waals surface area contributed by atoms with E-state index in [1.54, 1.807) is 0 Å². The number of carboxylic acid groups (broad SMARTS) is 1. The maximum absolute atomic E-state index is 12.7. The first-order chi connectivity index (χ1) is 10.1. The Morgan fingerprint density at radius 2 is 2.24 bits per heavy atom. The average Bonchev–Trinajstić information content (AvgIpc) is 3.13. The molecule has 1 atom stereocenters. The van der Waals surface area contributed by atoms with Crippen molar-refractivity contribution in [3.63, 3.8) is 0 Å². The lowest BCUT2D eigenvalue weighted by atomic mass is 10.1. The summed E-state index contributed by atoms with van der Waals surface area (Å²) in [5, 5.41) is 13.3. The number of hydrogen-bond donors (Lipinski definition) is 1. The van der Waals surface area contributed by atoms with Crippen LogP contribution in [0.2, 0.25) is 0 Å². The number of nitrogens with zero attached hydrogens (tertiary/aromatic N) is 5. The van der Waals surface area contributed by atoms with Crippen molar-refractivity contribution in [3.05, 3.63) is 23.8 Å². The van der Waals surface area contributed by atoms with Crippen molar-refractivity contribution in [1.82, 2.24) is 24.5 Å². The summed E-state index contributed by atoms with van der Waals surface area (Å²) < 4.78 is 1.53. The predicted molar refractivity (Wildman–Crippen MR) is 71.9 cm³/mol. The SMILES string of the molecule is CCc1c(C(=O)N2CCC[C@H]2C(=O)O)cnc2ncnn12. The number of carbonyl (C=O) groups is 2. The van der Waals surface area contributed by atoms with Crippen LogP contribution in [-0.4, -0.2) is 54.1 Å². The van der Waals surface area contributed by atoms with E-state index in [9.17, 15) is 14.7 Å².